The number of ketones is 1. The number of hydrogen-bond acceptors (Lipinski definition) is 3. The standard InChI is InChI=1S/C23H16Cl2O3/c1-14-9-18(27-13-15-5-3-2-4-6-15)12-20-22(14)23(26)21(28-20)10-16-7-8-17(24)11-19(16)25/h2-12H,13H2,1H3/b21-10-. The summed E-state index contributed by atoms with van der Waals surface area (Å²) in [5, 5.41) is 0.987. The smallest absolute Gasteiger partial charge is 0.232 e. The number of Topliss-reactive ketones (excluding diaryl/α,β-unsaturated/α-hetero) is 1. The second-order valence-electron chi connectivity index (χ2n) is 6.49. The molecule has 3 aromatic carbocycles. The summed E-state index contributed by atoms with van der Waals surface area (Å²) in [5.74, 6) is 1.19. The first-order valence-electron chi connectivity index (χ1n) is 8.72. The Hall–Kier alpha value is -2.75. The molecule has 1 heterocycles. The maximum atomic E-state index is 12.8. The van der Waals surface area contributed by atoms with Gasteiger partial charge in [-0.15, -0.1) is 0 Å². The molecule has 1 aliphatic rings. The van der Waals surface area contributed by atoms with Crippen molar-refractivity contribution in [1.82, 2.24) is 0 Å². The Kier molecular flexibility index (Phi) is 5.12. The van der Waals surface area contributed by atoms with Gasteiger partial charge in [0.1, 0.15) is 18.1 Å². The first-order valence-corrected chi connectivity index (χ1v) is 9.47. The van der Waals surface area contributed by atoms with Gasteiger partial charge < -0.3 is 9.47 Å². The van der Waals surface area contributed by atoms with Crippen LogP contribution in [0.3, 0.4) is 0 Å². The van der Waals surface area contributed by atoms with Crippen molar-refractivity contribution >= 4 is 35.1 Å². The van der Waals surface area contributed by atoms with Crippen LogP contribution in [0, 0.1) is 6.92 Å². The van der Waals surface area contributed by atoms with Crippen LogP contribution in [0.25, 0.3) is 6.08 Å². The Morgan fingerprint density at radius 3 is 2.57 bits per heavy atom. The molecule has 3 nitrogen and oxygen atoms in total. The zero-order valence-corrected chi connectivity index (χ0v) is 16.6. The van der Waals surface area contributed by atoms with Gasteiger partial charge in [-0.2, -0.15) is 0 Å². The topological polar surface area (TPSA) is 35.5 Å². The van der Waals surface area contributed by atoms with E-state index >= 15 is 0 Å². The number of aryl methyl sites for hydroxylation is 1. The van der Waals surface area contributed by atoms with Gasteiger partial charge in [-0.25, -0.2) is 0 Å². The minimum Gasteiger partial charge on any atom is -0.489 e. The van der Waals surface area contributed by atoms with Gasteiger partial charge in [0.25, 0.3) is 0 Å². The lowest BCUT2D eigenvalue weighted by Gasteiger charge is -2.09. The van der Waals surface area contributed by atoms with Crippen molar-refractivity contribution < 1.29 is 14.3 Å². The number of benzene rings is 3. The molecule has 0 fully saturated rings. The quantitative estimate of drug-likeness (QED) is 0.460. The van der Waals surface area contributed by atoms with Crippen molar-refractivity contribution in [3.63, 3.8) is 0 Å². The highest BCUT2D eigenvalue weighted by molar-refractivity contribution is 6.35. The molecule has 0 N–H and O–H groups in total. The summed E-state index contributed by atoms with van der Waals surface area (Å²) < 4.78 is 11.7. The van der Waals surface area contributed by atoms with Crippen molar-refractivity contribution in [2.24, 2.45) is 0 Å². The van der Waals surface area contributed by atoms with Crippen molar-refractivity contribution in [2.75, 3.05) is 0 Å². The Balaban J connectivity index is 1.59. The maximum Gasteiger partial charge on any atom is 0.232 e. The summed E-state index contributed by atoms with van der Waals surface area (Å²) in [6.07, 6.45) is 1.63. The van der Waals surface area contributed by atoms with Gasteiger partial charge in [-0.3, -0.25) is 4.79 Å². The summed E-state index contributed by atoms with van der Waals surface area (Å²) in [5.41, 5.74) is 3.08. The summed E-state index contributed by atoms with van der Waals surface area (Å²) in [6.45, 7) is 2.31. The van der Waals surface area contributed by atoms with Gasteiger partial charge in [-0.1, -0.05) is 59.6 Å². The Morgan fingerprint density at radius 1 is 1.04 bits per heavy atom. The summed E-state index contributed by atoms with van der Waals surface area (Å²) in [4.78, 5) is 12.8. The monoisotopic (exact) mass is 410 g/mol. The van der Waals surface area contributed by atoms with Crippen LogP contribution in [-0.2, 0) is 6.61 Å². The van der Waals surface area contributed by atoms with Crippen LogP contribution in [0.5, 0.6) is 11.5 Å². The van der Waals surface area contributed by atoms with Gasteiger partial charge in [0.05, 0.1) is 5.56 Å². The molecule has 3 aromatic rings. The number of fused-ring (bicyclic) bond motifs is 1. The number of allylic oxidation sites excluding steroid dienone is 1. The van der Waals surface area contributed by atoms with E-state index in [9.17, 15) is 4.79 Å². The van der Waals surface area contributed by atoms with Crippen LogP contribution in [0.2, 0.25) is 10.0 Å². The van der Waals surface area contributed by atoms with Crippen LogP contribution in [0.15, 0.2) is 66.4 Å². The lowest BCUT2D eigenvalue weighted by atomic mass is 10.0. The summed E-state index contributed by atoms with van der Waals surface area (Å²) in [6, 6.07) is 18.6. The number of carbonyl (C=O) groups is 1. The average molecular weight is 411 g/mol. The van der Waals surface area contributed by atoms with Crippen LogP contribution in [0.1, 0.15) is 27.0 Å². The van der Waals surface area contributed by atoms with Crippen molar-refractivity contribution in [1.29, 1.82) is 0 Å². The van der Waals surface area contributed by atoms with Gasteiger partial charge in [0.15, 0.2) is 5.76 Å². The summed E-state index contributed by atoms with van der Waals surface area (Å²) >= 11 is 12.1. The molecular formula is C23H16Cl2O3. The van der Waals surface area contributed by atoms with E-state index in [-0.39, 0.29) is 11.5 Å². The Morgan fingerprint density at radius 2 is 1.82 bits per heavy atom. The Bertz CT molecular complexity index is 1090. The largest absolute Gasteiger partial charge is 0.489 e. The first kappa shape index (κ1) is 18.6. The molecule has 0 spiro atoms. The normalized spacial score (nSPS) is 14.1. The second kappa shape index (κ2) is 7.70. The second-order valence-corrected chi connectivity index (χ2v) is 7.34. The van der Waals surface area contributed by atoms with E-state index in [0.29, 0.717) is 39.3 Å². The van der Waals surface area contributed by atoms with E-state index in [1.807, 2.05) is 43.3 Å². The molecule has 0 aliphatic carbocycles. The molecule has 0 radical (unpaired) electrons. The molecule has 0 unspecified atom stereocenters. The number of carbonyl (C=O) groups excluding carboxylic acids is 1. The molecule has 0 bridgehead atoms. The van der Waals surface area contributed by atoms with E-state index < -0.39 is 0 Å². The molecular weight excluding hydrogens is 395 g/mol. The highest BCUT2D eigenvalue weighted by Crippen LogP contribution is 2.38. The molecule has 1 aliphatic heterocycles. The Labute approximate surface area is 173 Å². The number of ether oxygens (including phenoxy) is 2. The fourth-order valence-electron chi connectivity index (χ4n) is 3.06. The SMILES string of the molecule is Cc1cc(OCc2ccccc2)cc2c1C(=O)/C(=C/c1ccc(Cl)cc1Cl)O2. The lowest BCUT2D eigenvalue weighted by Crippen LogP contribution is -2.00. The van der Waals surface area contributed by atoms with E-state index in [1.54, 1.807) is 30.3 Å². The summed E-state index contributed by atoms with van der Waals surface area (Å²) in [7, 11) is 0. The number of rotatable bonds is 4. The minimum absolute atomic E-state index is 0.173. The average Bonchev–Trinajstić information content (AvgIpc) is 2.99. The van der Waals surface area contributed by atoms with Crippen LogP contribution >= 0.6 is 23.2 Å². The number of halogens is 2. The van der Waals surface area contributed by atoms with Crippen molar-refractivity contribution in [2.45, 2.75) is 13.5 Å². The lowest BCUT2D eigenvalue weighted by molar-refractivity contribution is 0.101. The third kappa shape index (κ3) is 3.77. The predicted molar refractivity (Wildman–Crippen MR) is 111 cm³/mol. The van der Waals surface area contributed by atoms with Crippen molar-refractivity contribution in [3.05, 3.63) is 98.7 Å². The highest BCUT2D eigenvalue weighted by atomic mass is 35.5. The van der Waals surface area contributed by atoms with Gasteiger partial charge in [0, 0.05) is 16.1 Å². The van der Waals surface area contributed by atoms with Crippen molar-refractivity contribution in [3.8, 4) is 11.5 Å². The van der Waals surface area contributed by atoms with Crippen LogP contribution in [-0.4, -0.2) is 5.78 Å². The van der Waals surface area contributed by atoms with Crippen LogP contribution < -0.4 is 9.47 Å². The molecule has 0 saturated carbocycles. The zero-order valence-electron chi connectivity index (χ0n) is 15.0. The van der Waals surface area contributed by atoms with E-state index in [1.165, 1.54) is 0 Å². The molecule has 140 valence electrons. The predicted octanol–water partition coefficient (Wildman–Crippen LogP) is 6.50. The molecule has 0 amide bonds. The highest BCUT2D eigenvalue weighted by Gasteiger charge is 2.30. The molecule has 0 atom stereocenters. The number of hydrogen-bond donors (Lipinski definition) is 0. The molecule has 28 heavy (non-hydrogen) atoms. The van der Waals surface area contributed by atoms with E-state index in [2.05, 4.69) is 0 Å². The third-order valence-electron chi connectivity index (χ3n) is 4.44. The molecule has 5 heteroatoms. The molecule has 0 saturated heterocycles. The van der Waals surface area contributed by atoms with Gasteiger partial charge >= 0.3 is 0 Å². The fourth-order valence-corrected chi connectivity index (χ4v) is 3.52. The van der Waals surface area contributed by atoms with Gasteiger partial charge in [-0.05, 0) is 47.9 Å². The first-order chi connectivity index (χ1) is 13.5. The molecule has 0 aromatic heterocycles. The van der Waals surface area contributed by atoms with E-state index in [4.69, 9.17) is 32.7 Å². The zero-order chi connectivity index (χ0) is 19.7. The van der Waals surface area contributed by atoms with Gasteiger partial charge in [0.2, 0.25) is 5.78 Å². The molecule has 4 rings (SSSR count). The minimum atomic E-state index is -0.173. The third-order valence-corrected chi connectivity index (χ3v) is 5.00. The van der Waals surface area contributed by atoms with Crippen LogP contribution in [0.4, 0.5) is 0 Å². The van der Waals surface area contributed by atoms with E-state index in [0.717, 1.165) is 11.1 Å². The maximum absolute atomic E-state index is 12.8. The fraction of sp³-hybridized carbons (Fsp3) is 0.0870.